The molecule has 0 saturated carbocycles. The van der Waals surface area contributed by atoms with E-state index in [-0.39, 0.29) is 12.1 Å². The molecule has 2 rings (SSSR count). The molecule has 1 atom stereocenters. The number of hydrogen-bond donors (Lipinski definition) is 1. The molecule has 0 amide bonds. The molecule has 1 unspecified atom stereocenters. The minimum atomic E-state index is -3.22. The van der Waals surface area contributed by atoms with Gasteiger partial charge in [0, 0.05) is 31.7 Å². The highest BCUT2D eigenvalue weighted by molar-refractivity contribution is 7.86. The highest BCUT2D eigenvalue weighted by Gasteiger charge is 2.40. The Morgan fingerprint density at radius 3 is 2.47 bits per heavy atom. The lowest BCUT2D eigenvalue weighted by atomic mass is 10.1. The van der Waals surface area contributed by atoms with E-state index in [1.807, 2.05) is 6.92 Å². The lowest BCUT2D eigenvalue weighted by molar-refractivity contribution is 0.206. The van der Waals surface area contributed by atoms with Crippen molar-refractivity contribution >= 4 is 10.2 Å². The molecule has 5 nitrogen and oxygen atoms in total. The molecule has 2 saturated heterocycles. The molecule has 0 aliphatic carbocycles. The predicted molar refractivity (Wildman–Crippen MR) is 58.5 cm³/mol. The minimum Gasteiger partial charge on any atom is -0.325 e. The van der Waals surface area contributed by atoms with Gasteiger partial charge >= 0.3 is 0 Å². The standard InChI is InChI=1S/C9H19N3O2S/c1-8-4-2-3-5-12(8)15(13,14)11-6-9(10)7-11/h8-9H,2-7,10H2,1H3. The van der Waals surface area contributed by atoms with Gasteiger partial charge in [-0.25, -0.2) is 0 Å². The Bertz CT molecular complexity index is 324. The predicted octanol–water partition coefficient (Wildman–Crippen LogP) is -0.251. The van der Waals surface area contributed by atoms with Crippen LogP contribution in [0.5, 0.6) is 0 Å². The van der Waals surface area contributed by atoms with Gasteiger partial charge in [-0.2, -0.15) is 17.0 Å². The summed E-state index contributed by atoms with van der Waals surface area (Å²) in [6.45, 7) is 3.60. The van der Waals surface area contributed by atoms with E-state index in [4.69, 9.17) is 5.73 Å². The fraction of sp³-hybridized carbons (Fsp3) is 1.00. The molecule has 15 heavy (non-hydrogen) atoms. The van der Waals surface area contributed by atoms with Crippen LogP contribution in [0.3, 0.4) is 0 Å². The molecule has 0 bridgehead atoms. The van der Waals surface area contributed by atoms with Gasteiger partial charge in [-0.05, 0) is 19.8 Å². The van der Waals surface area contributed by atoms with E-state index in [9.17, 15) is 8.42 Å². The second-order valence-corrected chi connectivity index (χ2v) is 6.42. The molecule has 0 radical (unpaired) electrons. The molecule has 88 valence electrons. The molecule has 2 fully saturated rings. The van der Waals surface area contributed by atoms with Crippen LogP contribution in [0.1, 0.15) is 26.2 Å². The number of nitrogens with zero attached hydrogens (tertiary/aromatic N) is 2. The summed E-state index contributed by atoms with van der Waals surface area (Å²) in [5.74, 6) is 0. The van der Waals surface area contributed by atoms with Gasteiger partial charge in [0.05, 0.1) is 0 Å². The summed E-state index contributed by atoms with van der Waals surface area (Å²) in [7, 11) is -3.22. The molecule has 2 heterocycles. The Morgan fingerprint density at radius 2 is 1.93 bits per heavy atom. The molecule has 2 aliphatic rings. The van der Waals surface area contributed by atoms with Gasteiger partial charge in [0.15, 0.2) is 0 Å². The van der Waals surface area contributed by atoms with E-state index in [0.717, 1.165) is 19.3 Å². The zero-order valence-corrected chi connectivity index (χ0v) is 9.91. The van der Waals surface area contributed by atoms with Crippen LogP contribution in [0.2, 0.25) is 0 Å². The summed E-state index contributed by atoms with van der Waals surface area (Å²) in [5, 5.41) is 0. The van der Waals surface area contributed by atoms with Crippen LogP contribution in [0.25, 0.3) is 0 Å². The van der Waals surface area contributed by atoms with Crippen molar-refractivity contribution in [2.45, 2.75) is 38.3 Å². The Kier molecular flexibility index (Phi) is 3.03. The van der Waals surface area contributed by atoms with E-state index >= 15 is 0 Å². The second kappa shape index (κ2) is 4.01. The average molecular weight is 233 g/mol. The SMILES string of the molecule is CC1CCCCN1S(=O)(=O)N1CC(N)C1. The number of piperidine rings is 1. The van der Waals surface area contributed by atoms with Crippen molar-refractivity contribution in [3.05, 3.63) is 0 Å². The first-order valence-electron chi connectivity index (χ1n) is 5.54. The van der Waals surface area contributed by atoms with Crippen molar-refractivity contribution in [1.29, 1.82) is 0 Å². The monoisotopic (exact) mass is 233 g/mol. The first-order valence-corrected chi connectivity index (χ1v) is 6.94. The lowest BCUT2D eigenvalue weighted by Gasteiger charge is -2.42. The molecular formula is C9H19N3O2S. The van der Waals surface area contributed by atoms with Crippen LogP contribution in [0.15, 0.2) is 0 Å². The number of rotatable bonds is 2. The third-order valence-corrected chi connectivity index (χ3v) is 5.33. The van der Waals surface area contributed by atoms with Crippen LogP contribution in [-0.4, -0.2) is 48.7 Å². The maximum atomic E-state index is 12.1. The fourth-order valence-electron chi connectivity index (χ4n) is 2.22. The first kappa shape index (κ1) is 11.3. The average Bonchev–Trinajstić information content (AvgIpc) is 2.13. The summed E-state index contributed by atoms with van der Waals surface area (Å²) in [5.41, 5.74) is 5.61. The zero-order valence-electron chi connectivity index (χ0n) is 9.09. The summed E-state index contributed by atoms with van der Waals surface area (Å²) < 4.78 is 27.4. The summed E-state index contributed by atoms with van der Waals surface area (Å²) in [4.78, 5) is 0. The van der Waals surface area contributed by atoms with Gasteiger partial charge in [0.2, 0.25) is 0 Å². The highest BCUT2D eigenvalue weighted by Crippen LogP contribution is 2.24. The molecular weight excluding hydrogens is 214 g/mol. The largest absolute Gasteiger partial charge is 0.325 e. The molecule has 0 aromatic carbocycles. The molecule has 2 N–H and O–H groups in total. The Morgan fingerprint density at radius 1 is 1.27 bits per heavy atom. The number of nitrogens with two attached hydrogens (primary N) is 1. The van der Waals surface area contributed by atoms with Crippen LogP contribution in [0, 0.1) is 0 Å². The first-order chi connectivity index (χ1) is 7.01. The third-order valence-electron chi connectivity index (χ3n) is 3.24. The van der Waals surface area contributed by atoms with Gasteiger partial charge in [-0.15, -0.1) is 0 Å². The van der Waals surface area contributed by atoms with Gasteiger partial charge in [0.25, 0.3) is 10.2 Å². The van der Waals surface area contributed by atoms with E-state index < -0.39 is 10.2 Å². The topological polar surface area (TPSA) is 66.6 Å². The van der Waals surface area contributed by atoms with Crippen LogP contribution in [-0.2, 0) is 10.2 Å². The smallest absolute Gasteiger partial charge is 0.282 e. The summed E-state index contributed by atoms with van der Waals surface area (Å²) in [6.07, 6.45) is 3.08. The van der Waals surface area contributed by atoms with Crippen molar-refractivity contribution in [2.24, 2.45) is 5.73 Å². The van der Waals surface area contributed by atoms with Gasteiger partial charge < -0.3 is 5.73 Å². The molecule has 0 aromatic heterocycles. The van der Waals surface area contributed by atoms with Crippen LogP contribution < -0.4 is 5.73 Å². The second-order valence-electron chi connectivity index (χ2n) is 4.54. The van der Waals surface area contributed by atoms with E-state index in [0.29, 0.717) is 19.6 Å². The van der Waals surface area contributed by atoms with Crippen molar-refractivity contribution in [1.82, 2.24) is 8.61 Å². The Labute approximate surface area is 91.4 Å². The molecule has 6 heteroatoms. The molecule has 0 aromatic rings. The maximum Gasteiger partial charge on any atom is 0.282 e. The summed E-state index contributed by atoms with van der Waals surface area (Å²) in [6, 6.07) is 0.167. The van der Waals surface area contributed by atoms with Crippen LogP contribution in [0.4, 0.5) is 0 Å². The van der Waals surface area contributed by atoms with Crippen LogP contribution >= 0.6 is 0 Å². The van der Waals surface area contributed by atoms with E-state index in [1.165, 1.54) is 4.31 Å². The lowest BCUT2D eigenvalue weighted by Crippen LogP contribution is -2.62. The highest BCUT2D eigenvalue weighted by atomic mass is 32.2. The summed E-state index contributed by atoms with van der Waals surface area (Å²) >= 11 is 0. The molecule has 0 spiro atoms. The fourth-order valence-corrected chi connectivity index (χ4v) is 4.20. The molecule has 2 aliphatic heterocycles. The Balaban J connectivity index is 2.07. The Hall–Kier alpha value is -0.170. The number of hydrogen-bond acceptors (Lipinski definition) is 3. The van der Waals surface area contributed by atoms with E-state index in [1.54, 1.807) is 4.31 Å². The van der Waals surface area contributed by atoms with Gasteiger partial charge in [-0.1, -0.05) is 6.42 Å². The minimum absolute atomic E-state index is 0.0277. The van der Waals surface area contributed by atoms with Crippen molar-refractivity contribution in [3.63, 3.8) is 0 Å². The normalized spacial score (nSPS) is 31.5. The van der Waals surface area contributed by atoms with Gasteiger partial charge in [-0.3, -0.25) is 0 Å². The van der Waals surface area contributed by atoms with Gasteiger partial charge in [0.1, 0.15) is 0 Å². The van der Waals surface area contributed by atoms with Crippen molar-refractivity contribution in [3.8, 4) is 0 Å². The quantitative estimate of drug-likeness (QED) is 0.715. The third kappa shape index (κ3) is 2.04. The maximum absolute atomic E-state index is 12.1. The zero-order chi connectivity index (χ0) is 11.1. The van der Waals surface area contributed by atoms with Crippen molar-refractivity contribution in [2.75, 3.05) is 19.6 Å². The van der Waals surface area contributed by atoms with Crippen molar-refractivity contribution < 1.29 is 8.42 Å². The van der Waals surface area contributed by atoms with E-state index in [2.05, 4.69) is 0 Å².